The van der Waals surface area contributed by atoms with Crippen LogP contribution in [0.15, 0.2) is 30.3 Å². The molecule has 0 aliphatic rings. The number of nitrogens with one attached hydrogen (secondary N) is 1. The normalized spacial score (nSPS) is 12.5. The van der Waals surface area contributed by atoms with Crippen molar-refractivity contribution in [3.63, 3.8) is 0 Å². The summed E-state index contributed by atoms with van der Waals surface area (Å²) < 4.78 is 14.0. The zero-order chi connectivity index (χ0) is 15.6. The predicted molar refractivity (Wildman–Crippen MR) is 87.6 cm³/mol. The van der Waals surface area contributed by atoms with Crippen molar-refractivity contribution < 1.29 is 4.39 Å². The van der Waals surface area contributed by atoms with Crippen LogP contribution >= 0.6 is 11.6 Å². The molecule has 0 saturated heterocycles. The molecular weight excluding hydrogens is 285 g/mol. The topological polar surface area (TPSA) is 12.0 Å². The first kappa shape index (κ1) is 16.0. The molecule has 0 bridgehead atoms. The van der Waals surface area contributed by atoms with Gasteiger partial charge in [-0.05, 0) is 63.1 Å². The van der Waals surface area contributed by atoms with Crippen LogP contribution in [0.5, 0.6) is 0 Å². The van der Waals surface area contributed by atoms with Gasteiger partial charge in [0.1, 0.15) is 5.82 Å². The maximum atomic E-state index is 14.0. The van der Waals surface area contributed by atoms with Crippen LogP contribution in [0, 0.1) is 26.6 Å². The van der Waals surface area contributed by atoms with Gasteiger partial charge in [0, 0.05) is 16.6 Å². The van der Waals surface area contributed by atoms with Crippen LogP contribution in [0.4, 0.5) is 4.39 Å². The summed E-state index contributed by atoms with van der Waals surface area (Å²) in [5, 5.41) is 3.78. The molecule has 21 heavy (non-hydrogen) atoms. The highest BCUT2D eigenvalue weighted by atomic mass is 35.5. The number of rotatable bonds is 4. The molecule has 0 aliphatic heterocycles. The van der Waals surface area contributed by atoms with Crippen LogP contribution in [-0.2, 0) is 6.42 Å². The molecule has 0 fully saturated rings. The first-order chi connectivity index (χ1) is 9.93. The van der Waals surface area contributed by atoms with E-state index in [0.717, 1.165) is 0 Å². The van der Waals surface area contributed by atoms with Crippen molar-refractivity contribution in [3.8, 4) is 0 Å². The average Bonchev–Trinajstić information content (AvgIpc) is 2.39. The quantitative estimate of drug-likeness (QED) is 0.846. The molecule has 1 N–H and O–H groups in total. The van der Waals surface area contributed by atoms with Crippen molar-refractivity contribution in [3.05, 3.63) is 69.0 Å². The lowest BCUT2D eigenvalue weighted by atomic mass is 9.90. The minimum absolute atomic E-state index is 0.0417. The smallest absolute Gasteiger partial charge is 0.127 e. The molecule has 0 spiro atoms. The van der Waals surface area contributed by atoms with E-state index in [4.69, 9.17) is 11.6 Å². The lowest BCUT2D eigenvalue weighted by molar-refractivity contribution is 0.551. The second-order valence-electron chi connectivity index (χ2n) is 5.56. The summed E-state index contributed by atoms with van der Waals surface area (Å²) in [7, 11) is 1.90. The standard InChI is InChI=1S/C18H21ClFN/c1-11-8-12(2)18(13(3)9-11)17(21-4)10-14-15(19)6-5-7-16(14)20/h5-9,17,21H,10H2,1-4H3. The average molecular weight is 306 g/mol. The lowest BCUT2D eigenvalue weighted by Gasteiger charge is -2.22. The number of benzene rings is 2. The van der Waals surface area contributed by atoms with Gasteiger partial charge in [-0.1, -0.05) is 35.4 Å². The van der Waals surface area contributed by atoms with E-state index in [1.54, 1.807) is 12.1 Å². The summed E-state index contributed by atoms with van der Waals surface area (Å²) in [5.74, 6) is -0.245. The zero-order valence-electron chi connectivity index (χ0n) is 12.9. The number of hydrogen-bond donors (Lipinski definition) is 1. The molecule has 3 heteroatoms. The number of aryl methyl sites for hydroxylation is 3. The van der Waals surface area contributed by atoms with E-state index in [1.165, 1.54) is 28.3 Å². The molecule has 112 valence electrons. The van der Waals surface area contributed by atoms with Crippen molar-refractivity contribution >= 4 is 11.6 Å². The zero-order valence-corrected chi connectivity index (χ0v) is 13.7. The highest BCUT2D eigenvalue weighted by Gasteiger charge is 2.18. The van der Waals surface area contributed by atoms with Gasteiger partial charge in [0.25, 0.3) is 0 Å². The van der Waals surface area contributed by atoms with Crippen molar-refractivity contribution in [2.45, 2.75) is 33.2 Å². The van der Waals surface area contributed by atoms with Gasteiger partial charge in [-0.2, -0.15) is 0 Å². The molecule has 2 rings (SSSR count). The Hall–Kier alpha value is -1.38. The lowest BCUT2D eigenvalue weighted by Crippen LogP contribution is -2.21. The van der Waals surface area contributed by atoms with Crippen LogP contribution < -0.4 is 5.32 Å². The summed E-state index contributed by atoms with van der Waals surface area (Å²) in [4.78, 5) is 0. The SMILES string of the molecule is CNC(Cc1c(F)cccc1Cl)c1c(C)cc(C)cc1C. The number of likely N-dealkylation sites (N-methyl/N-ethyl adjacent to an activating group) is 1. The van der Waals surface area contributed by atoms with Crippen LogP contribution in [-0.4, -0.2) is 7.05 Å². The fraction of sp³-hybridized carbons (Fsp3) is 0.333. The van der Waals surface area contributed by atoms with Crippen molar-refractivity contribution in [1.82, 2.24) is 5.32 Å². The van der Waals surface area contributed by atoms with E-state index < -0.39 is 0 Å². The second-order valence-corrected chi connectivity index (χ2v) is 5.97. The fourth-order valence-corrected chi connectivity index (χ4v) is 3.26. The van der Waals surface area contributed by atoms with Gasteiger partial charge in [0.15, 0.2) is 0 Å². The van der Waals surface area contributed by atoms with E-state index in [-0.39, 0.29) is 11.9 Å². The van der Waals surface area contributed by atoms with E-state index in [9.17, 15) is 4.39 Å². The van der Waals surface area contributed by atoms with E-state index in [1.807, 2.05) is 7.05 Å². The minimum Gasteiger partial charge on any atom is -0.313 e. The fourth-order valence-electron chi connectivity index (χ4n) is 3.02. The molecule has 1 unspecified atom stereocenters. The Labute approximate surface area is 131 Å². The van der Waals surface area contributed by atoms with Crippen molar-refractivity contribution in [1.29, 1.82) is 0 Å². The molecular formula is C18H21ClFN. The molecule has 0 heterocycles. The molecule has 2 aromatic carbocycles. The monoisotopic (exact) mass is 305 g/mol. The first-order valence-corrected chi connectivity index (χ1v) is 7.49. The molecule has 0 radical (unpaired) electrons. The molecule has 0 aliphatic carbocycles. The van der Waals surface area contributed by atoms with Gasteiger partial charge in [0.2, 0.25) is 0 Å². The maximum absolute atomic E-state index is 14.0. The molecule has 1 atom stereocenters. The summed E-state index contributed by atoms with van der Waals surface area (Å²) in [6.45, 7) is 6.29. The van der Waals surface area contributed by atoms with Gasteiger partial charge in [-0.15, -0.1) is 0 Å². The first-order valence-electron chi connectivity index (χ1n) is 7.12. The van der Waals surface area contributed by atoms with Crippen molar-refractivity contribution in [2.24, 2.45) is 0 Å². The molecule has 2 aromatic rings. The van der Waals surface area contributed by atoms with Gasteiger partial charge in [0.05, 0.1) is 0 Å². The van der Waals surface area contributed by atoms with E-state index in [2.05, 4.69) is 38.2 Å². The van der Waals surface area contributed by atoms with Crippen molar-refractivity contribution in [2.75, 3.05) is 7.05 Å². The predicted octanol–water partition coefficient (Wildman–Crippen LogP) is 4.91. The molecule has 0 saturated carbocycles. The minimum atomic E-state index is -0.245. The maximum Gasteiger partial charge on any atom is 0.127 e. The van der Waals surface area contributed by atoms with Crippen LogP contribution in [0.25, 0.3) is 0 Å². The Morgan fingerprint density at radius 1 is 1.14 bits per heavy atom. The van der Waals surface area contributed by atoms with Gasteiger partial charge >= 0.3 is 0 Å². The molecule has 1 nitrogen and oxygen atoms in total. The van der Waals surface area contributed by atoms with Crippen LogP contribution in [0.2, 0.25) is 5.02 Å². The van der Waals surface area contributed by atoms with Gasteiger partial charge < -0.3 is 5.32 Å². The Balaban J connectivity index is 2.42. The second kappa shape index (κ2) is 6.59. The van der Waals surface area contributed by atoms with Gasteiger partial charge in [-0.3, -0.25) is 0 Å². The summed E-state index contributed by atoms with van der Waals surface area (Å²) in [6, 6.07) is 9.20. The largest absolute Gasteiger partial charge is 0.313 e. The Morgan fingerprint density at radius 2 is 1.76 bits per heavy atom. The number of hydrogen-bond acceptors (Lipinski definition) is 1. The molecule has 0 amide bonds. The molecule has 0 aromatic heterocycles. The summed E-state index contributed by atoms with van der Waals surface area (Å²) in [6.07, 6.45) is 0.534. The summed E-state index contributed by atoms with van der Waals surface area (Å²) >= 11 is 6.16. The Bertz CT molecular complexity index is 608. The third-order valence-corrected chi connectivity index (χ3v) is 4.26. The summed E-state index contributed by atoms with van der Waals surface area (Å²) in [5.41, 5.74) is 5.48. The third kappa shape index (κ3) is 3.45. The van der Waals surface area contributed by atoms with E-state index >= 15 is 0 Å². The van der Waals surface area contributed by atoms with Gasteiger partial charge in [-0.25, -0.2) is 4.39 Å². The third-order valence-electron chi connectivity index (χ3n) is 3.90. The number of halogens is 2. The highest BCUT2D eigenvalue weighted by molar-refractivity contribution is 6.31. The Morgan fingerprint density at radius 3 is 2.29 bits per heavy atom. The Kier molecular flexibility index (Phi) is 5.02. The van der Waals surface area contributed by atoms with E-state index in [0.29, 0.717) is 17.0 Å². The van der Waals surface area contributed by atoms with Crippen LogP contribution in [0.3, 0.4) is 0 Å². The van der Waals surface area contributed by atoms with Crippen LogP contribution in [0.1, 0.15) is 33.9 Å². The highest BCUT2D eigenvalue weighted by Crippen LogP contribution is 2.29.